The second-order valence-corrected chi connectivity index (χ2v) is 5.17. The molecule has 4 nitrogen and oxygen atoms in total. The molecule has 0 bridgehead atoms. The fourth-order valence-corrected chi connectivity index (χ4v) is 1.93. The molecule has 1 rings (SSSR count). The lowest BCUT2D eigenvalue weighted by molar-refractivity contribution is -0.146. The van der Waals surface area contributed by atoms with E-state index in [1.54, 1.807) is 13.0 Å². The first-order valence-electron chi connectivity index (χ1n) is 7.25. The third kappa shape index (κ3) is 6.12. The van der Waals surface area contributed by atoms with Crippen molar-refractivity contribution in [2.75, 3.05) is 13.2 Å². The zero-order chi connectivity index (χ0) is 15.8. The Balaban J connectivity index is 2.56. The highest BCUT2D eigenvalue weighted by atomic mass is 19.1. The van der Waals surface area contributed by atoms with Crippen LogP contribution in [0.5, 0.6) is 5.75 Å². The molecule has 0 fully saturated rings. The Morgan fingerprint density at radius 1 is 1.38 bits per heavy atom. The van der Waals surface area contributed by atoms with Gasteiger partial charge in [0.1, 0.15) is 17.6 Å². The molecule has 1 unspecified atom stereocenters. The standard InChI is InChI=1S/C16H24FNO3/c1-5-20-16(19)14(18-11(2)3)8-9-21-15-10-13(17)7-6-12(15)4/h6-7,10-11,14,18H,5,8-9H2,1-4H3. The van der Waals surface area contributed by atoms with Crippen molar-refractivity contribution < 1.29 is 18.7 Å². The van der Waals surface area contributed by atoms with Gasteiger partial charge in [0.25, 0.3) is 0 Å². The molecule has 0 saturated carbocycles. The molecule has 21 heavy (non-hydrogen) atoms. The number of carbonyl (C=O) groups is 1. The van der Waals surface area contributed by atoms with Crippen LogP contribution in [0, 0.1) is 12.7 Å². The van der Waals surface area contributed by atoms with Crippen LogP contribution in [-0.2, 0) is 9.53 Å². The van der Waals surface area contributed by atoms with Crippen molar-refractivity contribution in [3.63, 3.8) is 0 Å². The average Bonchev–Trinajstić information content (AvgIpc) is 2.41. The molecule has 0 aliphatic rings. The Morgan fingerprint density at radius 2 is 2.10 bits per heavy atom. The number of halogens is 1. The van der Waals surface area contributed by atoms with Crippen LogP contribution in [0.15, 0.2) is 18.2 Å². The van der Waals surface area contributed by atoms with Gasteiger partial charge >= 0.3 is 5.97 Å². The molecule has 0 spiro atoms. The van der Waals surface area contributed by atoms with Crippen LogP contribution >= 0.6 is 0 Å². The smallest absolute Gasteiger partial charge is 0.323 e. The van der Waals surface area contributed by atoms with E-state index < -0.39 is 6.04 Å². The number of aryl methyl sites for hydroxylation is 1. The number of hydrogen-bond donors (Lipinski definition) is 1. The number of nitrogens with one attached hydrogen (secondary N) is 1. The van der Waals surface area contributed by atoms with Crippen LogP contribution in [0.1, 0.15) is 32.8 Å². The summed E-state index contributed by atoms with van der Waals surface area (Å²) in [6.07, 6.45) is 0.465. The minimum absolute atomic E-state index is 0.162. The molecular weight excluding hydrogens is 273 g/mol. The molecule has 1 atom stereocenters. The largest absolute Gasteiger partial charge is 0.493 e. The second kappa shape index (κ2) is 8.62. The highest BCUT2D eigenvalue weighted by Crippen LogP contribution is 2.19. The average molecular weight is 297 g/mol. The molecule has 0 radical (unpaired) electrons. The molecule has 5 heteroatoms. The Bertz CT molecular complexity index is 463. The molecule has 0 aliphatic heterocycles. The Labute approximate surface area is 125 Å². The maximum Gasteiger partial charge on any atom is 0.323 e. The number of rotatable bonds is 8. The van der Waals surface area contributed by atoms with Crippen molar-refractivity contribution in [3.05, 3.63) is 29.6 Å². The van der Waals surface area contributed by atoms with Crippen LogP contribution < -0.4 is 10.1 Å². The second-order valence-electron chi connectivity index (χ2n) is 5.17. The van der Waals surface area contributed by atoms with Crippen molar-refractivity contribution in [1.82, 2.24) is 5.32 Å². The molecule has 0 heterocycles. The summed E-state index contributed by atoms with van der Waals surface area (Å²) >= 11 is 0. The van der Waals surface area contributed by atoms with Crippen LogP contribution in [0.2, 0.25) is 0 Å². The first kappa shape index (κ1) is 17.4. The molecular formula is C16H24FNO3. The topological polar surface area (TPSA) is 47.6 Å². The van der Waals surface area contributed by atoms with Gasteiger partial charge in [0.05, 0.1) is 13.2 Å². The van der Waals surface area contributed by atoms with E-state index in [1.807, 2.05) is 20.8 Å². The fourth-order valence-electron chi connectivity index (χ4n) is 1.93. The summed E-state index contributed by atoms with van der Waals surface area (Å²) in [6.45, 7) is 8.21. The van der Waals surface area contributed by atoms with Crippen molar-refractivity contribution in [2.45, 2.75) is 46.2 Å². The molecule has 118 valence electrons. The minimum atomic E-state index is -0.418. The lowest BCUT2D eigenvalue weighted by atomic mass is 10.2. The van der Waals surface area contributed by atoms with E-state index in [1.165, 1.54) is 12.1 Å². The third-order valence-electron chi connectivity index (χ3n) is 2.92. The maximum absolute atomic E-state index is 13.2. The number of carbonyl (C=O) groups excluding carboxylic acids is 1. The summed E-state index contributed by atoms with van der Waals surface area (Å²) in [6, 6.07) is 4.16. The van der Waals surface area contributed by atoms with Gasteiger partial charge in [-0.25, -0.2) is 4.39 Å². The van der Waals surface area contributed by atoms with Gasteiger partial charge in [-0.1, -0.05) is 19.9 Å². The van der Waals surface area contributed by atoms with Crippen LogP contribution in [0.25, 0.3) is 0 Å². The van der Waals surface area contributed by atoms with Gasteiger partial charge in [-0.2, -0.15) is 0 Å². The monoisotopic (exact) mass is 297 g/mol. The SMILES string of the molecule is CCOC(=O)C(CCOc1cc(F)ccc1C)NC(C)C. The molecule has 1 N–H and O–H groups in total. The lowest BCUT2D eigenvalue weighted by Gasteiger charge is -2.20. The van der Waals surface area contributed by atoms with Gasteiger partial charge in [0.2, 0.25) is 0 Å². The summed E-state index contributed by atoms with van der Waals surface area (Å²) < 4.78 is 23.8. The summed E-state index contributed by atoms with van der Waals surface area (Å²) in [5, 5.41) is 3.15. The van der Waals surface area contributed by atoms with Crippen molar-refractivity contribution in [1.29, 1.82) is 0 Å². The van der Waals surface area contributed by atoms with E-state index in [0.29, 0.717) is 25.4 Å². The maximum atomic E-state index is 13.2. The molecule has 0 amide bonds. The highest BCUT2D eigenvalue weighted by molar-refractivity contribution is 5.75. The summed E-state index contributed by atoms with van der Waals surface area (Å²) in [4.78, 5) is 11.8. The highest BCUT2D eigenvalue weighted by Gasteiger charge is 2.20. The molecule has 0 aliphatic carbocycles. The van der Waals surface area contributed by atoms with E-state index in [2.05, 4.69) is 5.32 Å². The number of benzene rings is 1. The predicted molar refractivity (Wildman–Crippen MR) is 79.9 cm³/mol. The van der Waals surface area contributed by atoms with E-state index in [4.69, 9.17) is 9.47 Å². The Kier molecular flexibility index (Phi) is 7.15. The number of ether oxygens (including phenoxy) is 2. The zero-order valence-corrected chi connectivity index (χ0v) is 13.1. The van der Waals surface area contributed by atoms with Crippen LogP contribution in [-0.4, -0.2) is 31.3 Å². The van der Waals surface area contributed by atoms with Gasteiger partial charge in [-0.3, -0.25) is 4.79 Å². The van der Waals surface area contributed by atoms with Crippen LogP contribution in [0.4, 0.5) is 4.39 Å². The third-order valence-corrected chi connectivity index (χ3v) is 2.92. The van der Waals surface area contributed by atoms with E-state index in [-0.39, 0.29) is 17.8 Å². The summed E-state index contributed by atoms with van der Waals surface area (Å²) in [5.41, 5.74) is 0.862. The Morgan fingerprint density at radius 3 is 2.71 bits per heavy atom. The van der Waals surface area contributed by atoms with Crippen molar-refractivity contribution in [3.8, 4) is 5.75 Å². The van der Waals surface area contributed by atoms with E-state index in [0.717, 1.165) is 5.56 Å². The Hall–Kier alpha value is -1.62. The number of esters is 1. The molecule has 1 aromatic carbocycles. The van der Waals surface area contributed by atoms with Crippen LogP contribution in [0.3, 0.4) is 0 Å². The summed E-state index contributed by atoms with van der Waals surface area (Å²) in [5.74, 6) is -0.120. The molecule has 1 aromatic rings. The zero-order valence-electron chi connectivity index (χ0n) is 13.1. The van der Waals surface area contributed by atoms with Gasteiger partial charge in [-0.05, 0) is 25.5 Å². The van der Waals surface area contributed by atoms with E-state index in [9.17, 15) is 9.18 Å². The molecule has 0 saturated heterocycles. The normalized spacial score (nSPS) is 12.3. The quantitative estimate of drug-likeness (QED) is 0.750. The first-order chi connectivity index (χ1) is 9.93. The number of hydrogen-bond acceptors (Lipinski definition) is 4. The summed E-state index contributed by atoms with van der Waals surface area (Å²) in [7, 11) is 0. The van der Waals surface area contributed by atoms with Gasteiger partial charge in [-0.15, -0.1) is 0 Å². The predicted octanol–water partition coefficient (Wildman–Crippen LogP) is 2.83. The van der Waals surface area contributed by atoms with Gasteiger partial charge in [0.15, 0.2) is 0 Å². The fraction of sp³-hybridized carbons (Fsp3) is 0.562. The first-order valence-corrected chi connectivity index (χ1v) is 7.25. The molecule has 0 aromatic heterocycles. The van der Waals surface area contributed by atoms with Gasteiger partial charge < -0.3 is 14.8 Å². The van der Waals surface area contributed by atoms with E-state index >= 15 is 0 Å². The lowest BCUT2D eigenvalue weighted by Crippen LogP contribution is -2.42. The van der Waals surface area contributed by atoms with Crippen molar-refractivity contribution in [2.24, 2.45) is 0 Å². The minimum Gasteiger partial charge on any atom is -0.493 e. The van der Waals surface area contributed by atoms with Gasteiger partial charge in [0, 0.05) is 18.5 Å². The van der Waals surface area contributed by atoms with Crippen molar-refractivity contribution >= 4 is 5.97 Å².